The highest BCUT2D eigenvalue weighted by molar-refractivity contribution is 5.85. The summed E-state index contributed by atoms with van der Waals surface area (Å²) in [7, 11) is 0. The van der Waals surface area contributed by atoms with Crippen molar-refractivity contribution in [3.05, 3.63) is 35.9 Å². The van der Waals surface area contributed by atoms with Gasteiger partial charge in [-0.3, -0.25) is 9.69 Å². The normalized spacial score (nSPS) is 30.8. The van der Waals surface area contributed by atoms with Crippen LogP contribution in [0.15, 0.2) is 30.3 Å². The molecule has 4 nitrogen and oxygen atoms in total. The fourth-order valence-electron chi connectivity index (χ4n) is 4.77. The number of hydrogen-bond acceptors (Lipinski definition) is 3. The molecule has 3 aliphatic rings. The number of nitrogens with one attached hydrogen (secondary N) is 2. The highest BCUT2D eigenvalue weighted by Gasteiger charge is 2.36. The lowest BCUT2D eigenvalue weighted by molar-refractivity contribution is -0.128. The van der Waals surface area contributed by atoms with E-state index in [1.165, 1.54) is 31.2 Å². The van der Waals surface area contributed by atoms with Crippen LogP contribution in [0.4, 0.5) is 0 Å². The molecule has 2 bridgehead atoms. The Morgan fingerprint density at radius 1 is 1.04 bits per heavy atom. The number of hydrogen-bond donors (Lipinski definition) is 2. The summed E-state index contributed by atoms with van der Waals surface area (Å²) in [5.41, 5.74) is 1.30. The third-order valence-electron chi connectivity index (χ3n) is 5.96. The molecule has 4 rings (SSSR count). The number of halogens is 2. The molecule has 0 aromatic heterocycles. The zero-order chi connectivity index (χ0) is 16.4. The Morgan fingerprint density at radius 2 is 1.73 bits per heavy atom. The molecule has 6 heteroatoms. The van der Waals surface area contributed by atoms with E-state index < -0.39 is 0 Å². The van der Waals surface area contributed by atoms with Crippen LogP contribution in [0.3, 0.4) is 0 Å². The Hall–Kier alpha value is -0.810. The second-order valence-electron chi connectivity index (χ2n) is 7.78. The molecule has 0 saturated carbocycles. The van der Waals surface area contributed by atoms with Crippen molar-refractivity contribution in [2.75, 3.05) is 6.54 Å². The fourth-order valence-corrected chi connectivity index (χ4v) is 4.77. The second-order valence-corrected chi connectivity index (χ2v) is 7.78. The number of amides is 1. The summed E-state index contributed by atoms with van der Waals surface area (Å²) in [4.78, 5) is 15.3. The van der Waals surface area contributed by atoms with Crippen LogP contribution in [-0.4, -0.2) is 41.5 Å². The summed E-state index contributed by atoms with van der Waals surface area (Å²) in [6.07, 6.45) is 8.13. The maximum atomic E-state index is 12.9. The van der Waals surface area contributed by atoms with E-state index in [1.807, 2.05) is 0 Å². The molecular weight excluding hydrogens is 369 g/mol. The predicted molar refractivity (Wildman–Crippen MR) is 110 cm³/mol. The van der Waals surface area contributed by atoms with Crippen LogP contribution in [0, 0.1) is 0 Å². The molecule has 3 atom stereocenters. The molecule has 1 aromatic rings. The zero-order valence-corrected chi connectivity index (χ0v) is 16.9. The molecule has 0 radical (unpaired) electrons. The molecule has 0 aliphatic carbocycles. The average molecular weight is 400 g/mol. The molecule has 3 saturated heterocycles. The molecule has 0 spiro atoms. The van der Waals surface area contributed by atoms with Crippen LogP contribution in [0.1, 0.15) is 50.5 Å². The summed E-state index contributed by atoms with van der Waals surface area (Å²) in [6, 6.07) is 12.2. The number of fused-ring (bicyclic) bond motifs is 2. The van der Waals surface area contributed by atoms with Crippen molar-refractivity contribution in [1.82, 2.24) is 15.5 Å². The van der Waals surface area contributed by atoms with E-state index in [0.717, 1.165) is 32.4 Å². The number of piperidine rings is 2. The first-order valence-electron chi connectivity index (χ1n) is 9.62. The van der Waals surface area contributed by atoms with Crippen molar-refractivity contribution in [2.24, 2.45) is 0 Å². The zero-order valence-electron chi connectivity index (χ0n) is 15.2. The van der Waals surface area contributed by atoms with Gasteiger partial charge in [0.05, 0.1) is 6.04 Å². The van der Waals surface area contributed by atoms with E-state index in [1.54, 1.807) is 0 Å². The third kappa shape index (κ3) is 5.13. The summed E-state index contributed by atoms with van der Waals surface area (Å²) >= 11 is 0. The van der Waals surface area contributed by atoms with Gasteiger partial charge in [0.1, 0.15) is 0 Å². The molecule has 3 unspecified atom stereocenters. The number of likely N-dealkylation sites (tertiary alicyclic amines) is 1. The van der Waals surface area contributed by atoms with Gasteiger partial charge in [-0.05, 0) is 50.6 Å². The maximum Gasteiger partial charge on any atom is 0.237 e. The van der Waals surface area contributed by atoms with Gasteiger partial charge >= 0.3 is 0 Å². The van der Waals surface area contributed by atoms with Crippen LogP contribution in [0.2, 0.25) is 0 Å². The van der Waals surface area contributed by atoms with Crippen molar-refractivity contribution in [3.63, 3.8) is 0 Å². The summed E-state index contributed by atoms with van der Waals surface area (Å²) in [5, 5.41) is 7.04. The van der Waals surface area contributed by atoms with E-state index in [4.69, 9.17) is 0 Å². The largest absolute Gasteiger partial charge is 0.352 e. The van der Waals surface area contributed by atoms with Crippen molar-refractivity contribution in [1.29, 1.82) is 0 Å². The van der Waals surface area contributed by atoms with Crippen LogP contribution < -0.4 is 10.6 Å². The molecule has 146 valence electrons. The van der Waals surface area contributed by atoms with Crippen LogP contribution in [0.25, 0.3) is 0 Å². The van der Waals surface area contributed by atoms with Gasteiger partial charge in [-0.1, -0.05) is 36.8 Å². The molecule has 1 aromatic carbocycles. The van der Waals surface area contributed by atoms with Crippen molar-refractivity contribution < 1.29 is 4.79 Å². The molecule has 1 amide bonds. The Labute approximate surface area is 169 Å². The first kappa shape index (κ1) is 21.5. The molecule has 3 aliphatic heterocycles. The lowest BCUT2D eigenvalue weighted by atomic mass is 9.97. The lowest BCUT2D eigenvalue weighted by Crippen LogP contribution is -2.54. The van der Waals surface area contributed by atoms with Crippen molar-refractivity contribution in [2.45, 2.75) is 75.7 Å². The minimum atomic E-state index is 0. The highest BCUT2D eigenvalue weighted by atomic mass is 35.5. The van der Waals surface area contributed by atoms with E-state index in [2.05, 4.69) is 45.9 Å². The minimum Gasteiger partial charge on any atom is -0.352 e. The van der Waals surface area contributed by atoms with Gasteiger partial charge in [0, 0.05) is 24.7 Å². The van der Waals surface area contributed by atoms with Crippen molar-refractivity contribution in [3.8, 4) is 0 Å². The van der Waals surface area contributed by atoms with E-state index in [9.17, 15) is 4.79 Å². The number of carbonyl (C=O) groups excluding carboxylic acids is 1. The summed E-state index contributed by atoms with van der Waals surface area (Å²) in [5.74, 6) is 0.261. The van der Waals surface area contributed by atoms with Crippen molar-refractivity contribution >= 4 is 30.7 Å². The molecular formula is C20H31Cl2N3O. The monoisotopic (exact) mass is 399 g/mol. The number of nitrogens with zero attached hydrogens (tertiary/aromatic N) is 1. The molecule has 3 heterocycles. The first-order valence-corrected chi connectivity index (χ1v) is 9.62. The van der Waals surface area contributed by atoms with Gasteiger partial charge in [-0.2, -0.15) is 0 Å². The fraction of sp³-hybridized carbons (Fsp3) is 0.650. The predicted octanol–water partition coefficient (Wildman–Crippen LogP) is 3.28. The average Bonchev–Trinajstić information content (AvgIpc) is 2.95. The maximum absolute atomic E-state index is 12.9. The van der Waals surface area contributed by atoms with Gasteiger partial charge in [0.25, 0.3) is 0 Å². The standard InChI is InChI=1S/C20H29N3O.2ClH/c24-20(22-18-12-16-9-10-17(13-18)21-16)19-8-4-5-11-23(19)14-15-6-2-1-3-7-15;;/h1-3,6-7,16-19,21H,4-5,8-14H2,(H,22,24);2*1H. The topological polar surface area (TPSA) is 44.4 Å². The number of rotatable bonds is 4. The molecule has 2 N–H and O–H groups in total. The van der Waals surface area contributed by atoms with Gasteiger partial charge in [-0.15, -0.1) is 24.8 Å². The van der Waals surface area contributed by atoms with Gasteiger partial charge < -0.3 is 10.6 Å². The Bertz CT molecular complexity index is 559. The second kappa shape index (κ2) is 9.93. The lowest BCUT2D eigenvalue weighted by Gasteiger charge is -2.37. The summed E-state index contributed by atoms with van der Waals surface area (Å²) in [6.45, 7) is 1.92. The Balaban J connectivity index is 0.00000121. The first-order chi connectivity index (χ1) is 11.8. The minimum absolute atomic E-state index is 0. The van der Waals surface area contributed by atoms with E-state index in [-0.39, 0.29) is 36.8 Å². The highest BCUT2D eigenvalue weighted by Crippen LogP contribution is 2.27. The van der Waals surface area contributed by atoms with Gasteiger partial charge in [0.2, 0.25) is 5.91 Å². The summed E-state index contributed by atoms with van der Waals surface area (Å²) < 4.78 is 0. The third-order valence-corrected chi connectivity index (χ3v) is 5.96. The number of carbonyl (C=O) groups is 1. The van der Waals surface area contributed by atoms with E-state index in [0.29, 0.717) is 18.1 Å². The van der Waals surface area contributed by atoms with Crippen LogP contribution >= 0.6 is 24.8 Å². The number of benzene rings is 1. The Kier molecular flexibility index (Phi) is 8.21. The molecule has 3 fully saturated rings. The smallest absolute Gasteiger partial charge is 0.237 e. The van der Waals surface area contributed by atoms with Crippen LogP contribution in [0.5, 0.6) is 0 Å². The van der Waals surface area contributed by atoms with Gasteiger partial charge in [0.15, 0.2) is 0 Å². The molecule has 26 heavy (non-hydrogen) atoms. The van der Waals surface area contributed by atoms with Crippen LogP contribution in [-0.2, 0) is 11.3 Å². The van der Waals surface area contributed by atoms with E-state index >= 15 is 0 Å². The SMILES string of the molecule is Cl.Cl.O=C(NC1CC2CCC(C1)N2)C1CCCCN1Cc1ccccc1. The quantitative estimate of drug-likeness (QED) is 0.816. The van der Waals surface area contributed by atoms with Gasteiger partial charge in [-0.25, -0.2) is 0 Å². The Morgan fingerprint density at radius 3 is 2.42 bits per heavy atom.